The van der Waals surface area contributed by atoms with E-state index in [1.54, 1.807) is 18.3 Å². The van der Waals surface area contributed by atoms with Crippen molar-refractivity contribution in [2.75, 3.05) is 0 Å². The number of carboxylic acids is 1. The number of pyridine rings is 1. The van der Waals surface area contributed by atoms with E-state index < -0.39 is 5.97 Å². The maximum Gasteiger partial charge on any atom is 0.371 e. The van der Waals surface area contributed by atoms with Crippen molar-refractivity contribution >= 4 is 28.7 Å². The molecule has 0 aliphatic rings. The van der Waals surface area contributed by atoms with Crippen molar-refractivity contribution in [3.05, 3.63) is 46.8 Å². The van der Waals surface area contributed by atoms with Crippen molar-refractivity contribution in [1.82, 2.24) is 14.5 Å². The molecule has 0 saturated heterocycles. The summed E-state index contributed by atoms with van der Waals surface area (Å²) in [4.78, 5) is 19.8. The molecule has 1 N–H and O–H groups in total. The van der Waals surface area contributed by atoms with Crippen LogP contribution in [-0.2, 0) is 6.54 Å². The maximum absolute atomic E-state index is 10.9. The largest absolute Gasteiger partial charge is 0.475 e. The van der Waals surface area contributed by atoms with Crippen LogP contribution in [0.5, 0.6) is 0 Å². The van der Waals surface area contributed by atoms with E-state index in [4.69, 9.17) is 21.1 Å². The quantitative estimate of drug-likeness (QED) is 0.795. The average Bonchev–Trinajstić information content (AvgIpc) is 3.04. The van der Waals surface area contributed by atoms with Gasteiger partial charge in [0, 0.05) is 12.1 Å². The van der Waals surface area contributed by atoms with Gasteiger partial charge in [0.25, 0.3) is 0 Å². The van der Waals surface area contributed by atoms with E-state index in [-0.39, 0.29) is 11.7 Å². The van der Waals surface area contributed by atoms with Crippen LogP contribution in [0.25, 0.3) is 11.2 Å². The van der Waals surface area contributed by atoms with Gasteiger partial charge in [-0.2, -0.15) is 0 Å². The van der Waals surface area contributed by atoms with Gasteiger partial charge in [-0.3, -0.25) is 0 Å². The highest BCUT2D eigenvalue weighted by molar-refractivity contribution is 6.31. The number of rotatable bonds is 4. The summed E-state index contributed by atoms with van der Waals surface area (Å²) >= 11 is 5.96. The van der Waals surface area contributed by atoms with Gasteiger partial charge < -0.3 is 14.1 Å². The van der Waals surface area contributed by atoms with Crippen molar-refractivity contribution in [3.63, 3.8) is 0 Å². The number of aromatic carboxylic acids is 1. The number of carboxylic acid groups (broad SMARTS) is 1. The van der Waals surface area contributed by atoms with Crippen LogP contribution in [0, 0.1) is 0 Å². The molecule has 0 unspecified atom stereocenters. The van der Waals surface area contributed by atoms with Crippen molar-refractivity contribution < 1.29 is 14.3 Å². The predicted octanol–water partition coefficient (Wildman–Crippen LogP) is 3.55. The first-order valence-electron chi connectivity index (χ1n) is 6.79. The summed E-state index contributed by atoms with van der Waals surface area (Å²) in [5.74, 6) is 0.396. The molecule has 22 heavy (non-hydrogen) atoms. The molecule has 3 heterocycles. The lowest BCUT2D eigenvalue weighted by atomic mass is 10.2. The predicted molar refractivity (Wildman–Crippen MR) is 81.4 cm³/mol. The second-order valence-electron chi connectivity index (χ2n) is 5.28. The van der Waals surface area contributed by atoms with Gasteiger partial charge in [-0.05, 0) is 18.2 Å². The molecule has 0 amide bonds. The minimum Gasteiger partial charge on any atom is -0.475 e. The second kappa shape index (κ2) is 5.46. The molecule has 0 saturated carbocycles. The van der Waals surface area contributed by atoms with E-state index in [2.05, 4.69) is 9.97 Å². The first-order chi connectivity index (χ1) is 10.5. The second-order valence-corrected chi connectivity index (χ2v) is 5.71. The van der Waals surface area contributed by atoms with E-state index in [1.807, 2.05) is 18.4 Å². The fourth-order valence-electron chi connectivity index (χ4n) is 2.33. The molecule has 3 aromatic rings. The molecular formula is C15H14ClN3O3. The van der Waals surface area contributed by atoms with Crippen LogP contribution >= 0.6 is 11.6 Å². The highest BCUT2D eigenvalue weighted by atomic mass is 35.5. The Morgan fingerprint density at radius 2 is 2.23 bits per heavy atom. The minimum absolute atomic E-state index is 0.0819. The smallest absolute Gasteiger partial charge is 0.371 e. The highest BCUT2D eigenvalue weighted by Crippen LogP contribution is 2.24. The first-order valence-corrected chi connectivity index (χ1v) is 7.17. The summed E-state index contributed by atoms with van der Waals surface area (Å²) in [6.07, 6.45) is 1.57. The number of fused-ring (bicyclic) bond motifs is 1. The lowest BCUT2D eigenvalue weighted by Gasteiger charge is -2.09. The molecule has 0 fully saturated rings. The van der Waals surface area contributed by atoms with Gasteiger partial charge in [0.05, 0.1) is 11.6 Å². The summed E-state index contributed by atoms with van der Waals surface area (Å²) in [7, 11) is 0. The van der Waals surface area contributed by atoms with Gasteiger partial charge in [-0.25, -0.2) is 14.8 Å². The van der Waals surface area contributed by atoms with Crippen molar-refractivity contribution in [2.24, 2.45) is 0 Å². The lowest BCUT2D eigenvalue weighted by Crippen LogP contribution is -2.07. The van der Waals surface area contributed by atoms with Crippen molar-refractivity contribution in [1.29, 1.82) is 0 Å². The van der Waals surface area contributed by atoms with Gasteiger partial charge in [-0.1, -0.05) is 25.4 Å². The van der Waals surface area contributed by atoms with Crippen LogP contribution in [0.2, 0.25) is 5.02 Å². The third kappa shape index (κ3) is 2.57. The summed E-state index contributed by atoms with van der Waals surface area (Å²) < 4.78 is 7.24. The van der Waals surface area contributed by atoms with Crippen molar-refractivity contribution in [3.8, 4) is 0 Å². The topological polar surface area (TPSA) is 81.2 Å². The van der Waals surface area contributed by atoms with Crippen LogP contribution in [0.3, 0.4) is 0 Å². The molecule has 0 atom stereocenters. The van der Waals surface area contributed by atoms with Crippen LogP contribution in [-0.4, -0.2) is 25.6 Å². The average molecular weight is 320 g/mol. The molecular weight excluding hydrogens is 306 g/mol. The standard InChI is InChI=1S/C15H14ClN3O3/c1-8(2)13-18-11-5-9(16)6-17-14(11)19(13)7-10-3-4-12(22-10)15(20)21/h3-6,8H,7H2,1-2H3,(H,20,21). The van der Waals surface area contributed by atoms with Gasteiger partial charge in [-0.15, -0.1) is 0 Å². The normalized spacial score (nSPS) is 11.5. The minimum atomic E-state index is -1.09. The first kappa shape index (κ1) is 14.6. The molecule has 0 spiro atoms. The third-order valence-corrected chi connectivity index (χ3v) is 3.49. The Morgan fingerprint density at radius 3 is 2.86 bits per heavy atom. The SMILES string of the molecule is CC(C)c1nc2cc(Cl)cnc2n1Cc1ccc(C(=O)O)o1. The Balaban J connectivity index is 2.07. The van der Waals surface area contributed by atoms with Gasteiger partial charge in [0.2, 0.25) is 5.76 Å². The number of furan rings is 1. The van der Waals surface area contributed by atoms with E-state index in [0.717, 1.165) is 5.82 Å². The highest BCUT2D eigenvalue weighted by Gasteiger charge is 2.17. The zero-order valence-corrected chi connectivity index (χ0v) is 12.8. The molecule has 7 heteroatoms. The number of hydrogen-bond donors (Lipinski definition) is 1. The molecule has 0 aliphatic carbocycles. The molecule has 6 nitrogen and oxygen atoms in total. The van der Waals surface area contributed by atoms with Crippen molar-refractivity contribution in [2.45, 2.75) is 26.3 Å². The summed E-state index contributed by atoms with van der Waals surface area (Å²) in [6.45, 7) is 4.43. The molecule has 0 aliphatic heterocycles. The molecule has 0 bridgehead atoms. The van der Waals surface area contributed by atoms with E-state index in [9.17, 15) is 4.79 Å². The Kier molecular flexibility index (Phi) is 3.62. The van der Waals surface area contributed by atoms with Crippen LogP contribution < -0.4 is 0 Å². The fraction of sp³-hybridized carbons (Fsp3) is 0.267. The number of aromatic nitrogens is 3. The van der Waals surface area contributed by atoms with Gasteiger partial charge >= 0.3 is 5.97 Å². The third-order valence-electron chi connectivity index (χ3n) is 3.28. The number of imidazole rings is 1. The van der Waals surface area contributed by atoms with Gasteiger partial charge in [0.15, 0.2) is 5.65 Å². The zero-order chi connectivity index (χ0) is 15.9. The summed E-state index contributed by atoms with van der Waals surface area (Å²) in [6, 6.07) is 4.85. The monoisotopic (exact) mass is 319 g/mol. The van der Waals surface area contributed by atoms with Crippen LogP contribution in [0.15, 0.2) is 28.8 Å². The Labute approximate surface area is 131 Å². The summed E-state index contributed by atoms with van der Waals surface area (Å²) in [5.41, 5.74) is 1.41. The number of hydrogen-bond acceptors (Lipinski definition) is 4. The molecule has 0 aromatic carbocycles. The number of carbonyl (C=O) groups is 1. The van der Waals surface area contributed by atoms with Crippen LogP contribution in [0.1, 0.15) is 41.9 Å². The molecule has 3 aromatic heterocycles. The summed E-state index contributed by atoms with van der Waals surface area (Å²) in [5, 5.41) is 9.46. The van der Waals surface area contributed by atoms with E-state index in [0.29, 0.717) is 28.5 Å². The number of nitrogens with zero attached hydrogens (tertiary/aromatic N) is 3. The van der Waals surface area contributed by atoms with E-state index in [1.165, 1.54) is 6.07 Å². The Morgan fingerprint density at radius 1 is 1.45 bits per heavy atom. The maximum atomic E-state index is 10.9. The fourth-order valence-corrected chi connectivity index (χ4v) is 2.49. The van der Waals surface area contributed by atoms with Gasteiger partial charge in [0.1, 0.15) is 17.1 Å². The lowest BCUT2D eigenvalue weighted by molar-refractivity contribution is 0.0660. The van der Waals surface area contributed by atoms with E-state index >= 15 is 0 Å². The Bertz CT molecular complexity index is 851. The zero-order valence-electron chi connectivity index (χ0n) is 12.1. The number of halogens is 1. The molecule has 114 valence electrons. The molecule has 0 radical (unpaired) electrons. The Hall–Kier alpha value is -2.34. The molecule has 3 rings (SSSR count). The van der Waals surface area contributed by atoms with Crippen LogP contribution in [0.4, 0.5) is 0 Å².